The number of Topliss-reactive ketones (excluding diaryl/α,β-unsaturated/α-hetero) is 1. The Labute approximate surface area is 169 Å². The molecule has 0 spiro atoms. The number of aryl methyl sites for hydroxylation is 1. The van der Waals surface area contributed by atoms with E-state index < -0.39 is 17.7 Å². The van der Waals surface area contributed by atoms with Crippen LogP contribution in [0.4, 0.5) is 0 Å². The van der Waals surface area contributed by atoms with Crippen molar-refractivity contribution in [1.29, 1.82) is 0 Å². The highest BCUT2D eigenvalue weighted by molar-refractivity contribution is 6.46. The zero-order valence-electron chi connectivity index (χ0n) is 16.2. The molecule has 2 aromatic rings. The highest BCUT2D eigenvalue weighted by Gasteiger charge is 2.46. The molecule has 2 N–H and O–H groups in total. The van der Waals surface area contributed by atoms with E-state index in [-0.39, 0.29) is 11.3 Å². The topological polar surface area (TPSA) is 62.0 Å². The Kier molecular flexibility index (Phi) is 5.87. The molecule has 1 atom stereocenters. The smallest absolute Gasteiger partial charge is 0.295 e. The zero-order chi connectivity index (χ0) is 20.4. The third-order valence-corrected chi connectivity index (χ3v) is 5.16. The van der Waals surface area contributed by atoms with Crippen LogP contribution in [0.5, 0.6) is 0 Å². The van der Waals surface area contributed by atoms with Gasteiger partial charge < -0.3 is 14.9 Å². The fraction of sp³-hybridized carbons (Fsp3) is 0.273. The second-order valence-electron chi connectivity index (χ2n) is 7.37. The summed E-state index contributed by atoms with van der Waals surface area (Å²) in [6, 6.07) is 13.6. The van der Waals surface area contributed by atoms with E-state index in [2.05, 4.69) is 0 Å². The van der Waals surface area contributed by atoms with Crippen LogP contribution in [0.25, 0.3) is 5.76 Å². The average Bonchev–Trinajstić information content (AvgIpc) is 2.91. The van der Waals surface area contributed by atoms with Crippen molar-refractivity contribution in [2.45, 2.75) is 13.0 Å². The maximum Gasteiger partial charge on any atom is 0.295 e. The Morgan fingerprint density at radius 2 is 1.68 bits per heavy atom. The van der Waals surface area contributed by atoms with Crippen LogP contribution in [0.3, 0.4) is 0 Å². The van der Waals surface area contributed by atoms with Crippen molar-refractivity contribution in [2.24, 2.45) is 0 Å². The summed E-state index contributed by atoms with van der Waals surface area (Å²) in [6.07, 6.45) is 0. The zero-order valence-corrected chi connectivity index (χ0v) is 17.0. The molecule has 0 aromatic heterocycles. The van der Waals surface area contributed by atoms with Crippen LogP contribution < -0.4 is 4.90 Å². The maximum atomic E-state index is 12.9. The Morgan fingerprint density at radius 3 is 2.25 bits per heavy atom. The van der Waals surface area contributed by atoms with E-state index in [1.807, 2.05) is 33.2 Å². The van der Waals surface area contributed by atoms with E-state index >= 15 is 0 Å². The van der Waals surface area contributed by atoms with Crippen molar-refractivity contribution < 1.29 is 19.6 Å². The number of ketones is 1. The number of nitrogens with one attached hydrogen (secondary N) is 1. The Bertz CT molecular complexity index is 918. The van der Waals surface area contributed by atoms with Gasteiger partial charge in [-0.2, -0.15) is 0 Å². The molecule has 0 saturated carbocycles. The van der Waals surface area contributed by atoms with E-state index in [1.54, 1.807) is 36.4 Å². The predicted octanol–water partition coefficient (Wildman–Crippen LogP) is 2.21. The molecule has 0 unspecified atom stereocenters. The summed E-state index contributed by atoms with van der Waals surface area (Å²) >= 11 is 6.01. The van der Waals surface area contributed by atoms with Gasteiger partial charge in [0.2, 0.25) is 0 Å². The molecule has 0 aliphatic carbocycles. The van der Waals surface area contributed by atoms with E-state index in [1.165, 1.54) is 4.90 Å². The molecule has 1 aliphatic heterocycles. The molecule has 1 amide bonds. The number of amides is 1. The van der Waals surface area contributed by atoms with Crippen molar-refractivity contribution in [1.82, 2.24) is 4.90 Å². The highest BCUT2D eigenvalue weighted by atomic mass is 35.5. The van der Waals surface area contributed by atoms with E-state index in [4.69, 9.17) is 11.6 Å². The normalized spacial score (nSPS) is 18.9. The lowest BCUT2D eigenvalue weighted by Crippen LogP contribution is -3.06. The Balaban J connectivity index is 2.13. The molecule has 28 heavy (non-hydrogen) atoms. The molecule has 5 nitrogen and oxygen atoms in total. The number of likely N-dealkylation sites (tertiary alicyclic amines) is 1. The third-order valence-electron chi connectivity index (χ3n) is 4.90. The van der Waals surface area contributed by atoms with E-state index in [0.717, 1.165) is 16.0 Å². The molecule has 2 aromatic carbocycles. The highest BCUT2D eigenvalue weighted by Crippen LogP contribution is 2.39. The van der Waals surface area contributed by atoms with E-state index in [0.29, 0.717) is 23.7 Å². The molecule has 6 heteroatoms. The van der Waals surface area contributed by atoms with E-state index in [9.17, 15) is 14.7 Å². The van der Waals surface area contributed by atoms with Crippen LogP contribution in [0.1, 0.15) is 22.7 Å². The van der Waals surface area contributed by atoms with Gasteiger partial charge >= 0.3 is 0 Å². The molecular weight excluding hydrogens is 376 g/mol. The number of aliphatic hydroxyl groups excluding tert-OH is 1. The SMILES string of the molecule is Cc1ccc(/C(O)=C2\C(=O)C(=O)N(CC[NH+](C)C)[C@H]2c2ccc(Cl)cc2)cc1. The van der Waals surface area contributed by atoms with Crippen molar-refractivity contribution in [2.75, 3.05) is 27.2 Å². The number of carbonyl (C=O) groups is 2. The summed E-state index contributed by atoms with van der Waals surface area (Å²) in [4.78, 5) is 28.3. The van der Waals surface area contributed by atoms with Gasteiger partial charge in [0, 0.05) is 10.6 Å². The second kappa shape index (κ2) is 8.17. The first-order valence-electron chi connectivity index (χ1n) is 9.19. The average molecular weight is 400 g/mol. The molecule has 1 aliphatic rings. The number of carbonyl (C=O) groups excluding carboxylic acids is 2. The molecule has 3 rings (SSSR count). The maximum absolute atomic E-state index is 12.9. The van der Waals surface area contributed by atoms with Gasteiger partial charge in [0.1, 0.15) is 5.76 Å². The minimum absolute atomic E-state index is 0.116. The second-order valence-corrected chi connectivity index (χ2v) is 7.80. The van der Waals surface area contributed by atoms with Gasteiger partial charge in [-0.05, 0) is 24.6 Å². The lowest BCUT2D eigenvalue weighted by molar-refractivity contribution is -0.857. The first-order valence-corrected chi connectivity index (χ1v) is 9.57. The van der Waals surface area contributed by atoms with Gasteiger partial charge in [-0.3, -0.25) is 9.59 Å². The lowest BCUT2D eigenvalue weighted by atomic mass is 9.95. The molecule has 0 bridgehead atoms. The number of quaternary nitrogens is 1. The summed E-state index contributed by atoms with van der Waals surface area (Å²) < 4.78 is 0. The standard InChI is InChI=1S/C22H23ClN2O3/c1-14-4-6-16(7-5-14)20(26)18-19(15-8-10-17(23)11-9-15)25(13-12-24(2)3)22(28)21(18)27/h4-11,19,26H,12-13H2,1-3H3/p+1/b20-18+/t19-/m0/s1. The first-order chi connectivity index (χ1) is 13.3. The van der Waals surface area contributed by atoms with Crippen LogP contribution in [0, 0.1) is 6.92 Å². The summed E-state index contributed by atoms with van der Waals surface area (Å²) in [5.74, 6) is -1.40. The first kappa shape index (κ1) is 20.1. The van der Waals surface area contributed by atoms with Gasteiger partial charge in [-0.25, -0.2) is 0 Å². The molecule has 146 valence electrons. The summed E-state index contributed by atoms with van der Waals surface area (Å²) in [7, 11) is 3.97. The number of nitrogens with zero attached hydrogens (tertiary/aromatic N) is 1. The van der Waals surface area contributed by atoms with Gasteiger partial charge in [0.05, 0.1) is 38.8 Å². The fourth-order valence-corrected chi connectivity index (χ4v) is 3.44. The number of hydrogen-bond acceptors (Lipinski definition) is 3. The van der Waals surface area contributed by atoms with Crippen LogP contribution in [0.2, 0.25) is 5.02 Å². The van der Waals surface area contributed by atoms with Crippen LogP contribution in [-0.2, 0) is 9.59 Å². The number of rotatable bonds is 5. The van der Waals surface area contributed by atoms with Crippen LogP contribution in [-0.4, -0.2) is 48.9 Å². The Hall–Kier alpha value is -2.63. The number of benzene rings is 2. The summed E-state index contributed by atoms with van der Waals surface area (Å²) in [5, 5.41) is 11.5. The minimum atomic E-state index is -0.660. The lowest BCUT2D eigenvalue weighted by Gasteiger charge is -2.25. The molecule has 0 radical (unpaired) electrons. The van der Waals surface area contributed by atoms with Crippen molar-refractivity contribution in [3.8, 4) is 0 Å². The number of halogens is 1. The monoisotopic (exact) mass is 399 g/mol. The number of hydrogen-bond donors (Lipinski definition) is 2. The molecule has 1 fully saturated rings. The minimum Gasteiger partial charge on any atom is -0.507 e. The summed E-state index contributed by atoms with van der Waals surface area (Å²) in [5.41, 5.74) is 2.41. The van der Waals surface area contributed by atoms with Gasteiger partial charge in [-0.1, -0.05) is 53.6 Å². The summed E-state index contributed by atoms with van der Waals surface area (Å²) in [6.45, 7) is 3.03. The number of aliphatic hydroxyl groups is 1. The third kappa shape index (κ3) is 3.96. The van der Waals surface area contributed by atoms with Crippen molar-refractivity contribution in [3.05, 3.63) is 75.8 Å². The van der Waals surface area contributed by atoms with Crippen molar-refractivity contribution >= 4 is 29.1 Å². The Morgan fingerprint density at radius 1 is 1.07 bits per heavy atom. The van der Waals surface area contributed by atoms with Crippen LogP contribution in [0.15, 0.2) is 54.1 Å². The largest absolute Gasteiger partial charge is 0.507 e. The van der Waals surface area contributed by atoms with Gasteiger partial charge in [-0.15, -0.1) is 0 Å². The van der Waals surface area contributed by atoms with Gasteiger partial charge in [0.15, 0.2) is 0 Å². The van der Waals surface area contributed by atoms with Gasteiger partial charge in [0.25, 0.3) is 11.7 Å². The van der Waals surface area contributed by atoms with Crippen LogP contribution >= 0.6 is 11.6 Å². The number of likely N-dealkylation sites (N-methyl/N-ethyl adjacent to an activating group) is 1. The molecule has 1 saturated heterocycles. The molecule has 1 heterocycles. The fourth-order valence-electron chi connectivity index (χ4n) is 3.31. The van der Waals surface area contributed by atoms with Crippen molar-refractivity contribution in [3.63, 3.8) is 0 Å². The quantitative estimate of drug-likeness (QED) is 0.460. The predicted molar refractivity (Wildman–Crippen MR) is 109 cm³/mol. The molecular formula is C22H24ClN2O3+.